The summed E-state index contributed by atoms with van der Waals surface area (Å²) in [7, 11) is 1.92. The van der Waals surface area contributed by atoms with Gasteiger partial charge in [-0.25, -0.2) is 9.37 Å². The van der Waals surface area contributed by atoms with Gasteiger partial charge in [0, 0.05) is 31.5 Å². The molecule has 0 aliphatic heterocycles. The number of carbonyl (C=O) groups is 1. The molecule has 2 heterocycles. The highest BCUT2D eigenvalue weighted by Gasteiger charge is 2.19. The van der Waals surface area contributed by atoms with Crippen molar-refractivity contribution >= 4 is 5.91 Å². The van der Waals surface area contributed by atoms with Crippen LogP contribution >= 0.6 is 0 Å². The summed E-state index contributed by atoms with van der Waals surface area (Å²) < 4.78 is 17.2. The van der Waals surface area contributed by atoms with Crippen molar-refractivity contribution in [3.63, 3.8) is 0 Å². The summed E-state index contributed by atoms with van der Waals surface area (Å²) in [4.78, 5) is 17.1. The van der Waals surface area contributed by atoms with Gasteiger partial charge >= 0.3 is 0 Å². The molecule has 7 heteroatoms. The molecule has 6 nitrogen and oxygen atoms in total. The average molecular weight is 432 g/mol. The third-order valence-corrected chi connectivity index (χ3v) is 5.62. The van der Waals surface area contributed by atoms with E-state index < -0.39 is 0 Å². The van der Waals surface area contributed by atoms with Gasteiger partial charge in [-0.1, -0.05) is 42.0 Å². The molecule has 0 aliphatic carbocycles. The molecule has 0 fully saturated rings. The summed E-state index contributed by atoms with van der Waals surface area (Å²) in [5.41, 5.74) is 4.69. The van der Waals surface area contributed by atoms with Crippen LogP contribution < -0.4 is 5.32 Å². The van der Waals surface area contributed by atoms with E-state index in [-0.39, 0.29) is 17.6 Å². The number of amides is 1. The van der Waals surface area contributed by atoms with Crippen molar-refractivity contribution in [3.05, 3.63) is 84.1 Å². The Morgan fingerprint density at radius 2 is 1.84 bits per heavy atom. The molecule has 1 atom stereocenters. The topological polar surface area (TPSA) is 64.7 Å². The second-order valence-electron chi connectivity index (χ2n) is 7.92. The Bertz CT molecular complexity index is 1210. The highest BCUT2D eigenvalue weighted by Crippen LogP contribution is 2.31. The molecule has 0 aliphatic rings. The molecule has 4 rings (SSSR count). The number of benzene rings is 2. The first-order valence-corrected chi connectivity index (χ1v) is 10.6. The van der Waals surface area contributed by atoms with Crippen LogP contribution in [0.1, 0.15) is 24.0 Å². The van der Waals surface area contributed by atoms with E-state index >= 15 is 0 Å². The van der Waals surface area contributed by atoms with Crippen molar-refractivity contribution in [1.82, 2.24) is 24.6 Å². The maximum Gasteiger partial charge on any atom is 0.227 e. The van der Waals surface area contributed by atoms with Crippen molar-refractivity contribution in [2.24, 2.45) is 7.05 Å². The zero-order valence-corrected chi connectivity index (χ0v) is 18.4. The Labute approximate surface area is 186 Å². The fraction of sp³-hybridized carbons (Fsp3) is 0.240. The molecule has 1 N–H and O–H groups in total. The van der Waals surface area contributed by atoms with E-state index in [2.05, 4.69) is 15.4 Å². The maximum atomic E-state index is 13.4. The summed E-state index contributed by atoms with van der Waals surface area (Å²) in [6.07, 6.45) is 5.35. The van der Waals surface area contributed by atoms with Crippen molar-refractivity contribution in [1.29, 1.82) is 0 Å². The van der Waals surface area contributed by atoms with Gasteiger partial charge in [0.05, 0.1) is 18.7 Å². The quantitative estimate of drug-likeness (QED) is 0.474. The van der Waals surface area contributed by atoms with Crippen molar-refractivity contribution < 1.29 is 9.18 Å². The fourth-order valence-electron chi connectivity index (χ4n) is 3.67. The molecule has 2 aromatic carbocycles. The molecule has 32 heavy (non-hydrogen) atoms. The molecule has 164 valence electrons. The molecule has 0 spiro atoms. The van der Waals surface area contributed by atoms with Crippen LogP contribution in [0.15, 0.2) is 67.1 Å². The molecule has 0 radical (unpaired) electrons. The predicted octanol–water partition coefficient (Wildman–Crippen LogP) is 4.32. The second-order valence-corrected chi connectivity index (χ2v) is 7.92. The van der Waals surface area contributed by atoms with Crippen LogP contribution in [-0.2, 0) is 18.4 Å². The smallest absolute Gasteiger partial charge is 0.227 e. The van der Waals surface area contributed by atoms with Gasteiger partial charge in [0.2, 0.25) is 5.91 Å². The number of nitrogens with one attached hydrogen (secondary N) is 1. The van der Waals surface area contributed by atoms with E-state index in [0.29, 0.717) is 13.1 Å². The summed E-state index contributed by atoms with van der Waals surface area (Å²) in [5.74, 6) is 0.196. The predicted molar refractivity (Wildman–Crippen MR) is 122 cm³/mol. The Morgan fingerprint density at radius 1 is 1.12 bits per heavy atom. The first-order chi connectivity index (χ1) is 15.4. The van der Waals surface area contributed by atoms with E-state index in [4.69, 9.17) is 0 Å². The minimum Gasteiger partial charge on any atom is -0.354 e. The van der Waals surface area contributed by atoms with Gasteiger partial charge in [-0.15, -0.1) is 0 Å². The van der Waals surface area contributed by atoms with Gasteiger partial charge < -0.3 is 9.88 Å². The van der Waals surface area contributed by atoms with E-state index in [0.717, 1.165) is 28.2 Å². The van der Waals surface area contributed by atoms with Crippen LogP contribution in [0, 0.1) is 12.7 Å². The van der Waals surface area contributed by atoms with Crippen LogP contribution in [0.25, 0.3) is 22.6 Å². The highest BCUT2D eigenvalue weighted by atomic mass is 19.1. The Hall–Kier alpha value is -3.74. The molecule has 0 bridgehead atoms. The Morgan fingerprint density at radius 3 is 2.50 bits per heavy atom. The third-order valence-electron chi connectivity index (χ3n) is 5.62. The zero-order chi connectivity index (χ0) is 22.7. The lowest BCUT2D eigenvalue weighted by molar-refractivity contribution is -0.122. The highest BCUT2D eigenvalue weighted by molar-refractivity contribution is 5.83. The average Bonchev–Trinajstić information content (AvgIpc) is 3.40. The van der Waals surface area contributed by atoms with Crippen LogP contribution in [0.4, 0.5) is 4.39 Å². The Balaban J connectivity index is 1.52. The van der Waals surface area contributed by atoms with Crippen LogP contribution in [0.3, 0.4) is 0 Å². The molecule has 4 aromatic rings. The lowest BCUT2D eigenvalue weighted by Crippen LogP contribution is -2.31. The molecule has 0 saturated heterocycles. The molecule has 2 aromatic heterocycles. The normalized spacial score (nSPS) is 12.0. The van der Waals surface area contributed by atoms with Gasteiger partial charge in [0.25, 0.3) is 0 Å². The zero-order valence-electron chi connectivity index (χ0n) is 18.4. The number of hydrogen-bond acceptors (Lipinski definition) is 3. The van der Waals surface area contributed by atoms with Gasteiger partial charge in [0.1, 0.15) is 11.5 Å². The van der Waals surface area contributed by atoms with E-state index in [1.807, 2.05) is 60.6 Å². The minimum absolute atomic E-state index is 0.0293. The number of nitrogens with zero attached hydrogens (tertiary/aromatic N) is 4. The van der Waals surface area contributed by atoms with Crippen molar-refractivity contribution in [2.45, 2.75) is 26.3 Å². The Kier molecular flexibility index (Phi) is 6.16. The number of carbonyl (C=O) groups excluding carboxylic acids is 1. The molecule has 0 unspecified atom stereocenters. The SMILES string of the molecule is Cc1ccc([C@@H](C)C(=O)NCCn2ncc(-c3ccc(F)cc3)c2-c2nccn2C)cc1. The number of aryl methyl sites for hydroxylation is 2. The lowest BCUT2D eigenvalue weighted by atomic mass is 9.99. The van der Waals surface area contributed by atoms with E-state index in [1.54, 1.807) is 24.5 Å². The maximum absolute atomic E-state index is 13.4. The van der Waals surface area contributed by atoms with Crippen LogP contribution in [-0.4, -0.2) is 31.8 Å². The number of imidazole rings is 1. The summed E-state index contributed by atoms with van der Waals surface area (Å²) >= 11 is 0. The largest absolute Gasteiger partial charge is 0.354 e. The fourth-order valence-corrected chi connectivity index (χ4v) is 3.67. The molecular formula is C25H26FN5O. The number of hydrogen-bond donors (Lipinski definition) is 1. The minimum atomic E-state index is -0.287. The first kappa shape index (κ1) is 21.5. The van der Waals surface area contributed by atoms with Gasteiger partial charge in [0.15, 0.2) is 5.82 Å². The molecule has 1 amide bonds. The first-order valence-electron chi connectivity index (χ1n) is 10.6. The number of rotatable bonds is 7. The van der Waals surface area contributed by atoms with Crippen LogP contribution in [0.5, 0.6) is 0 Å². The van der Waals surface area contributed by atoms with E-state index in [1.165, 1.54) is 17.7 Å². The van der Waals surface area contributed by atoms with Crippen molar-refractivity contribution in [3.8, 4) is 22.6 Å². The van der Waals surface area contributed by atoms with E-state index in [9.17, 15) is 9.18 Å². The monoisotopic (exact) mass is 431 g/mol. The number of halogens is 1. The third kappa shape index (κ3) is 4.46. The number of aromatic nitrogens is 4. The summed E-state index contributed by atoms with van der Waals surface area (Å²) in [5, 5.41) is 7.55. The van der Waals surface area contributed by atoms with Crippen LogP contribution in [0.2, 0.25) is 0 Å². The van der Waals surface area contributed by atoms with Gasteiger partial charge in [-0.05, 0) is 37.1 Å². The standard InChI is InChI=1S/C25H26FN5O/c1-17-4-6-19(7-5-17)18(2)25(32)28-13-15-31-23(24-27-12-14-30(24)3)22(16-29-31)20-8-10-21(26)11-9-20/h4-12,14,16,18H,13,15H2,1-3H3,(H,28,32)/t18-/m1/s1. The summed E-state index contributed by atoms with van der Waals surface area (Å²) in [6, 6.07) is 14.3. The van der Waals surface area contributed by atoms with Gasteiger partial charge in [-0.3, -0.25) is 9.48 Å². The van der Waals surface area contributed by atoms with Crippen molar-refractivity contribution in [2.75, 3.05) is 6.54 Å². The molecular weight excluding hydrogens is 405 g/mol. The second kappa shape index (κ2) is 9.18. The molecule has 0 saturated carbocycles. The van der Waals surface area contributed by atoms with Gasteiger partial charge in [-0.2, -0.15) is 5.10 Å². The summed E-state index contributed by atoms with van der Waals surface area (Å²) in [6.45, 7) is 4.84. The lowest BCUT2D eigenvalue weighted by Gasteiger charge is -2.14.